The SMILES string of the molecule is CNC(c1cc(C)ccc1F)c1cscc1Br. The van der Waals surface area contributed by atoms with Gasteiger partial charge in [0.15, 0.2) is 0 Å². The number of aryl methyl sites for hydroxylation is 1. The highest BCUT2D eigenvalue weighted by atomic mass is 79.9. The van der Waals surface area contributed by atoms with Gasteiger partial charge in [-0.3, -0.25) is 0 Å². The molecule has 1 heterocycles. The minimum absolute atomic E-state index is 0.115. The largest absolute Gasteiger partial charge is 0.309 e. The van der Waals surface area contributed by atoms with E-state index in [1.807, 2.05) is 30.8 Å². The Hall–Kier alpha value is -0.710. The van der Waals surface area contributed by atoms with Gasteiger partial charge >= 0.3 is 0 Å². The monoisotopic (exact) mass is 313 g/mol. The molecule has 0 fully saturated rings. The van der Waals surface area contributed by atoms with Gasteiger partial charge < -0.3 is 5.32 Å². The van der Waals surface area contributed by atoms with E-state index in [1.54, 1.807) is 17.4 Å². The van der Waals surface area contributed by atoms with Crippen molar-refractivity contribution in [2.24, 2.45) is 0 Å². The number of benzene rings is 1. The van der Waals surface area contributed by atoms with Crippen LogP contribution in [0, 0.1) is 12.7 Å². The summed E-state index contributed by atoms with van der Waals surface area (Å²) in [7, 11) is 1.84. The van der Waals surface area contributed by atoms with Crippen molar-refractivity contribution in [1.29, 1.82) is 0 Å². The second-order valence-electron chi connectivity index (χ2n) is 3.92. The molecule has 0 saturated heterocycles. The summed E-state index contributed by atoms with van der Waals surface area (Å²) in [5.41, 5.74) is 2.82. The van der Waals surface area contributed by atoms with Crippen molar-refractivity contribution < 1.29 is 4.39 Å². The first-order valence-electron chi connectivity index (χ1n) is 5.28. The predicted molar refractivity (Wildman–Crippen MR) is 74.1 cm³/mol. The van der Waals surface area contributed by atoms with Gasteiger partial charge in [0.1, 0.15) is 5.82 Å². The van der Waals surface area contributed by atoms with Crippen molar-refractivity contribution in [3.63, 3.8) is 0 Å². The molecule has 0 radical (unpaired) electrons. The van der Waals surface area contributed by atoms with Gasteiger partial charge in [0.2, 0.25) is 0 Å². The van der Waals surface area contributed by atoms with Crippen molar-refractivity contribution in [2.75, 3.05) is 7.05 Å². The van der Waals surface area contributed by atoms with Crippen LogP contribution in [0.1, 0.15) is 22.7 Å². The number of halogens is 2. The molecule has 0 saturated carbocycles. The molecule has 1 nitrogen and oxygen atoms in total. The highest BCUT2D eigenvalue weighted by Crippen LogP contribution is 2.32. The summed E-state index contributed by atoms with van der Waals surface area (Å²) >= 11 is 5.10. The Kier molecular flexibility index (Phi) is 3.97. The maximum atomic E-state index is 13.9. The smallest absolute Gasteiger partial charge is 0.128 e. The van der Waals surface area contributed by atoms with Gasteiger partial charge in [-0.25, -0.2) is 4.39 Å². The fourth-order valence-electron chi connectivity index (χ4n) is 1.86. The summed E-state index contributed by atoms with van der Waals surface area (Å²) in [4.78, 5) is 0. The molecule has 0 amide bonds. The van der Waals surface area contributed by atoms with Crippen molar-refractivity contribution in [2.45, 2.75) is 13.0 Å². The first kappa shape index (κ1) is 12.7. The van der Waals surface area contributed by atoms with Crippen LogP contribution in [0.25, 0.3) is 0 Å². The zero-order valence-corrected chi connectivity index (χ0v) is 12.0. The molecular weight excluding hydrogens is 301 g/mol. The Morgan fingerprint density at radius 2 is 2.06 bits per heavy atom. The quantitative estimate of drug-likeness (QED) is 0.892. The van der Waals surface area contributed by atoms with Gasteiger partial charge in [-0.2, -0.15) is 11.3 Å². The van der Waals surface area contributed by atoms with Crippen LogP contribution in [0.5, 0.6) is 0 Å². The van der Waals surface area contributed by atoms with E-state index in [1.165, 1.54) is 6.07 Å². The fraction of sp³-hybridized carbons (Fsp3) is 0.231. The third kappa shape index (κ3) is 2.59. The fourth-order valence-corrected chi connectivity index (χ4v) is 3.41. The highest BCUT2D eigenvalue weighted by molar-refractivity contribution is 9.10. The first-order chi connectivity index (χ1) is 8.13. The van der Waals surface area contributed by atoms with Crippen molar-refractivity contribution in [1.82, 2.24) is 5.32 Å². The zero-order valence-electron chi connectivity index (χ0n) is 9.63. The van der Waals surface area contributed by atoms with Gasteiger partial charge in [0.05, 0.1) is 6.04 Å². The van der Waals surface area contributed by atoms with E-state index >= 15 is 0 Å². The van der Waals surface area contributed by atoms with Crippen molar-refractivity contribution in [3.8, 4) is 0 Å². The second kappa shape index (κ2) is 5.29. The maximum absolute atomic E-state index is 13.9. The Labute approximate surface area is 113 Å². The Balaban J connectivity index is 2.49. The molecule has 1 aromatic heterocycles. The molecule has 0 bridgehead atoms. The maximum Gasteiger partial charge on any atom is 0.128 e. The van der Waals surface area contributed by atoms with Crippen molar-refractivity contribution in [3.05, 3.63) is 55.9 Å². The van der Waals surface area contributed by atoms with E-state index in [2.05, 4.69) is 21.2 Å². The number of nitrogens with one attached hydrogen (secondary N) is 1. The Morgan fingerprint density at radius 1 is 1.29 bits per heavy atom. The number of hydrogen-bond acceptors (Lipinski definition) is 2. The number of hydrogen-bond donors (Lipinski definition) is 1. The third-order valence-corrected chi connectivity index (χ3v) is 4.46. The first-order valence-corrected chi connectivity index (χ1v) is 7.02. The topological polar surface area (TPSA) is 12.0 Å². The van der Waals surface area contributed by atoms with Crippen LogP contribution < -0.4 is 5.32 Å². The molecule has 4 heteroatoms. The second-order valence-corrected chi connectivity index (χ2v) is 5.52. The summed E-state index contributed by atoms with van der Waals surface area (Å²) in [5, 5.41) is 7.21. The van der Waals surface area contributed by atoms with E-state index in [9.17, 15) is 4.39 Å². The molecule has 90 valence electrons. The van der Waals surface area contributed by atoms with Crippen LogP contribution in [0.15, 0.2) is 33.4 Å². The molecule has 2 rings (SSSR count). The average Bonchev–Trinajstić information content (AvgIpc) is 2.71. The number of rotatable bonds is 3. The summed E-state index contributed by atoms with van der Waals surface area (Å²) in [5.74, 6) is -0.173. The van der Waals surface area contributed by atoms with Crippen LogP contribution in [0.2, 0.25) is 0 Å². The minimum Gasteiger partial charge on any atom is -0.309 e. The van der Waals surface area contributed by atoms with Gasteiger partial charge in [-0.1, -0.05) is 17.7 Å². The summed E-state index contributed by atoms with van der Waals surface area (Å²) < 4.78 is 14.9. The molecule has 0 aliphatic heterocycles. The normalized spacial score (nSPS) is 12.7. The van der Waals surface area contributed by atoms with Crippen LogP contribution in [-0.4, -0.2) is 7.05 Å². The zero-order chi connectivity index (χ0) is 12.4. The molecule has 0 aliphatic carbocycles. The standard InChI is InChI=1S/C13H13BrFNS/c1-8-3-4-12(15)9(5-8)13(16-2)10-6-17-7-11(10)14/h3-7,13,16H,1-2H3. The molecule has 1 atom stereocenters. The van der Waals surface area contributed by atoms with Crippen molar-refractivity contribution >= 4 is 27.3 Å². The molecule has 1 N–H and O–H groups in total. The van der Waals surface area contributed by atoms with Crippen LogP contribution in [-0.2, 0) is 0 Å². The highest BCUT2D eigenvalue weighted by Gasteiger charge is 2.19. The lowest BCUT2D eigenvalue weighted by atomic mass is 9.99. The van der Waals surface area contributed by atoms with E-state index in [0.717, 1.165) is 15.6 Å². The molecule has 2 aromatic rings. The minimum atomic E-state index is -0.173. The average molecular weight is 314 g/mol. The van der Waals surface area contributed by atoms with Gasteiger partial charge in [-0.15, -0.1) is 0 Å². The van der Waals surface area contributed by atoms with Gasteiger partial charge in [0, 0.05) is 15.4 Å². The lowest BCUT2D eigenvalue weighted by molar-refractivity contribution is 0.575. The van der Waals surface area contributed by atoms with Crippen LogP contribution in [0.3, 0.4) is 0 Å². The van der Waals surface area contributed by atoms with E-state index < -0.39 is 0 Å². The van der Waals surface area contributed by atoms with E-state index in [-0.39, 0.29) is 11.9 Å². The summed E-state index contributed by atoms with van der Waals surface area (Å²) in [6.07, 6.45) is 0. The molecular formula is C13H13BrFNS. The summed E-state index contributed by atoms with van der Waals surface area (Å²) in [6, 6.07) is 5.08. The van der Waals surface area contributed by atoms with Gasteiger partial charge in [0.25, 0.3) is 0 Å². The van der Waals surface area contributed by atoms with Gasteiger partial charge in [-0.05, 0) is 46.9 Å². The Bertz CT molecular complexity index is 524. The Morgan fingerprint density at radius 3 is 2.65 bits per heavy atom. The van der Waals surface area contributed by atoms with E-state index in [0.29, 0.717) is 5.56 Å². The molecule has 0 spiro atoms. The lowest BCUT2D eigenvalue weighted by Crippen LogP contribution is -2.18. The molecule has 0 aliphatic rings. The predicted octanol–water partition coefficient (Wildman–Crippen LogP) is 4.27. The summed E-state index contributed by atoms with van der Waals surface area (Å²) in [6.45, 7) is 1.97. The van der Waals surface area contributed by atoms with E-state index in [4.69, 9.17) is 0 Å². The molecule has 17 heavy (non-hydrogen) atoms. The van der Waals surface area contributed by atoms with Crippen LogP contribution in [0.4, 0.5) is 4.39 Å². The van der Waals surface area contributed by atoms with Crippen LogP contribution >= 0.6 is 27.3 Å². The lowest BCUT2D eigenvalue weighted by Gasteiger charge is -2.17. The molecule has 1 unspecified atom stereocenters. The molecule has 1 aromatic carbocycles. The number of thiophene rings is 1. The third-order valence-electron chi connectivity index (χ3n) is 2.70.